The zero-order chi connectivity index (χ0) is 16.7. The second-order valence-electron chi connectivity index (χ2n) is 5.78. The van der Waals surface area contributed by atoms with Gasteiger partial charge in [0.25, 0.3) is 0 Å². The molecule has 0 fully saturated rings. The van der Waals surface area contributed by atoms with E-state index in [1.54, 1.807) is 13.3 Å². The van der Waals surface area contributed by atoms with Crippen LogP contribution >= 0.6 is 0 Å². The van der Waals surface area contributed by atoms with Crippen LogP contribution in [0.1, 0.15) is 19.4 Å². The lowest BCUT2D eigenvalue weighted by Crippen LogP contribution is -2.15. The van der Waals surface area contributed by atoms with Gasteiger partial charge in [-0.3, -0.25) is 4.79 Å². The molecule has 0 radical (unpaired) electrons. The molecule has 2 rings (SSSR count). The van der Waals surface area contributed by atoms with E-state index in [2.05, 4.69) is 29.5 Å². The van der Waals surface area contributed by atoms with Crippen molar-refractivity contribution in [1.29, 1.82) is 0 Å². The minimum Gasteiger partial charge on any atom is -0.497 e. The lowest BCUT2D eigenvalue weighted by molar-refractivity contribution is -0.115. The Morgan fingerprint density at radius 2 is 1.91 bits per heavy atom. The Balaban J connectivity index is 1.86. The van der Waals surface area contributed by atoms with Gasteiger partial charge in [-0.15, -0.1) is 0 Å². The molecule has 0 aliphatic carbocycles. The molecule has 2 aromatic rings. The standard InChI is InChI=1S/C18H23N3O2/c1-13(2)11-19-17-9-6-15(12-20-17)21-18(22)10-14-4-7-16(23-3)8-5-14/h4-9,12-13H,10-11H2,1-3H3,(H,19,20)(H,21,22). The van der Waals surface area contributed by atoms with E-state index in [0.29, 0.717) is 18.0 Å². The Morgan fingerprint density at radius 1 is 1.17 bits per heavy atom. The number of amides is 1. The first-order valence-corrected chi connectivity index (χ1v) is 7.69. The van der Waals surface area contributed by atoms with Gasteiger partial charge in [-0.1, -0.05) is 26.0 Å². The summed E-state index contributed by atoms with van der Waals surface area (Å²) in [4.78, 5) is 16.3. The molecule has 0 spiro atoms. The molecule has 0 bridgehead atoms. The zero-order valence-electron chi connectivity index (χ0n) is 13.8. The predicted octanol–water partition coefficient (Wildman–Crippen LogP) is 3.34. The number of carbonyl (C=O) groups is 1. The van der Waals surface area contributed by atoms with Gasteiger partial charge in [0.2, 0.25) is 5.91 Å². The number of anilines is 2. The number of nitrogens with zero attached hydrogens (tertiary/aromatic N) is 1. The average molecular weight is 313 g/mol. The minimum absolute atomic E-state index is 0.0696. The Kier molecular flexibility index (Phi) is 5.97. The fourth-order valence-electron chi connectivity index (χ4n) is 2.02. The molecular weight excluding hydrogens is 290 g/mol. The highest BCUT2D eigenvalue weighted by Gasteiger charge is 2.05. The SMILES string of the molecule is COc1ccc(CC(=O)Nc2ccc(NCC(C)C)nc2)cc1. The number of hydrogen-bond acceptors (Lipinski definition) is 4. The smallest absolute Gasteiger partial charge is 0.228 e. The molecule has 1 amide bonds. The van der Waals surface area contributed by atoms with Crippen LogP contribution in [0.4, 0.5) is 11.5 Å². The van der Waals surface area contributed by atoms with Crippen molar-refractivity contribution in [2.75, 3.05) is 24.3 Å². The quantitative estimate of drug-likeness (QED) is 0.823. The number of hydrogen-bond donors (Lipinski definition) is 2. The Bertz CT molecular complexity index is 622. The number of carbonyl (C=O) groups excluding carboxylic acids is 1. The summed E-state index contributed by atoms with van der Waals surface area (Å²) >= 11 is 0. The number of ether oxygens (including phenoxy) is 1. The zero-order valence-corrected chi connectivity index (χ0v) is 13.8. The van der Waals surface area contributed by atoms with Gasteiger partial charge in [-0.2, -0.15) is 0 Å². The van der Waals surface area contributed by atoms with Crippen LogP contribution in [0.15, 0.2) is 42.6 Å². The molecule has 23 heavy (non-hydrogen) atoms. The summed E-state index contributed by atoms with van der Waals surface area (Å²) in [5.41, 5.74) is 1.63. The normalized spacial score (nSPS) is 10.4. The van der Waals surface area contributed by atoms with E-state index < -0.39 is 0 Å². The first kappa shape index (κ1) is 16.8. The van der Waals surface area contributed by atoms with E-state index in [9.17, 15) is 4.79 Å². The van der Waals surface area contributed by atoms with Crippen LogP contribution in [-0.4, -0.2) is 24.5 Å². The van der Waals surface area contributed by atoms with Crippen molar-refractivity contribution in [2.24, 2.45) is 5.92 Å². The molecule has 0 saturated heterocycles. The molecular formula is C18H23N3O2. The van der Waals surface area contributed by atoms with Gasteiger partial charge < -0.3 is 15.4 Å². The molecule has 0 atom stereocenters. The molecule has 0 aliphatic rings. The maximum Gasteiger partial charge on any atom is 0.228 e. The van der Waals surface area contributed by atoms with Gasteiger partial charge in [0, 0.05) is 6.54 Å². The maximum absolute atomic E-state index is 12.1. The molecule has 5 nitrogen and oxygen atoms in total. The molecule has 0 saturated carbocycles. The van der Waals surface area contributed by atoms with Crippen molar-refractivity contribution >= 4 is 17.4 Å². The van der Waals surface area contributed by atoms with Gasteiger partial charge in [-0.25, -0.2) is 4.98 Å². The summed E-state index contributed by atoms with van der Waals surface area (Å²) in [6.07, 6.45) is 1.98. The topological polar surface area (TPSA) is 63.2 Å². The van der Waals surface area contributed by atoms with Crippen LogP contribution in [0, 0.1) is 5.92 Å². The summed E-state index contributed by atoms with van der Waals surface area (Å²) in [6, 6.07) is 11.2. The van der Waals surface area contributed by atoms with Gasteiger partial charge in [-0.05, 0) is 35.7 Å². The second kappa shape index (κ2) is 8.17. The van der Waals surface area contributed by atoms with Crippen LogP contribution < -0.4 is 15.4 Å². The number of aromatic nitrogens is 1. The second-order valence-corrected chi connectivity index (χ2v) is 5.78. The van der Waals surface area contributed by atoms with E-state index in [1.165, 1.54) is 0 Å². The molecule has 2 N–H and O–H groups in total. The van der Waals surface area contributed by atoms with Crippen molar-refractivity contribution < 1.29 is 9.53 Å². The van der Waals surface area contributed by atoms with E-state index in [1.807, 2.05) is 36.4 Å². The van der Waals surface area contributed by atoms with Gasteiger partial charge >= 0.3 is 0 Å². The predicted molar refractivity (Wildman–Crippen MR) is 92.9 cm³/mol. The summed E-state index contributed by atoms with van der Waals surface area (Å²) in [7, 11) is 1.62. The summed E-state index contributed by atoms with van der Waals surface area (Å²) in [6.45, 7) is 5.15. The van der Waals surface area contributed by atoms with Crippen LogP contribution in [0.3, 0.4) is 0 Å². The number of methoxy groups -OCH3 is 1. The summed E-state index contributed by atoms with van der Waals surface area (Å²) in [5, 5.41) is 6.09. The molecule has 1 heterocycles. The molecule has 1 aromatic heterocycles. The largest absolute Gasteiger partial charge is 0.497 e. The highest BCUT2D eigenvalue weighted by atomic mass is 16.5. The average Bonchev–Trinajstić information content (AvgIpc) is 2.55. The molecule has 122 valence electrons. The molecule has 0 aliphatic heterocycles. The highest BCUT2D eigenvalue weighted by molar-refractivity contribution is 5.92. The van der Waals surface area contributed by atoms with Crippen LogP contribution in [0.25, 0.3) is 0 Å². The van der Waals surface area contributed by atoms with Crippen molar-refractivity contribution in [2.45, 2.75) is 20.3 Å². The van der Waals surface area contributed by atoms with Crippen LogP contribution in [-0.2, 0) is 11.2 Å². The van der Waals surface area contributed by atoms with E-state index in [4.69, 9.17) is 4.74 Å². The maximum atomic E-state index is 12.1. The number of rotatable bonds is 7. The van der Waals surface area contributed by atoms with Gasteiger partial charge in [0.15, 0.2) is 0 Å². The van der Waals surface area contributed by atoms with Crippen LogP contribution in [0.2, 0.25) is 0 Å². The Morgan fingerprint density at radius 3 is 2.48 bits per heavy atom. The van der Waals surface area contributed by atoms with Crippen molar-refractivity contribution in [3.05, 3.63) is 48.2 Å². The highest BCUT2D eigenvalue weighted by Crippen LogP contribution is 2.13. The summed E-state index contributed by atoms with van der Waals surface area (Å²) < 4.78 is 5.10. The van der Waals surface area contributed by atoms with E-state index in [-0.39, 0.29) is 5.91 Å². The Labute approximate surface area is 137 Å². The van der Waals surface area contributed by atoms with Crippen LogP contribution in [0.5, 0.6) is 5.75 Å². The van der Waals surface area contributed by atoms with Crippen molar-refractivity contribution in [1.82, 2.24) is 4.98 Å². The fourth-order valence-corrected chi connectivity index (χ4v) is 2.02. The molecule has 0 unspecified atom stereocenters. The van der Waals surface area contributed by atoms with Gasteiger partial charge in [0.1, 0.15) is 11.6 Å². The lowest BCUT2D eigenvalue weighted by atomic mass is 10.1. The first-order chi connectivity index (χ1) is 11.1. The lowest BCUT2D eigenvalue weighted by Gasteiger charge is -2.09. The number of benzene rings is 1. The summed E-state index contributed by atoms with van der Waals surface area (Å²) in [5.74, 6) is 2.08. The number of pyridine rings is 1. The minimum atomic E-state index is -0.0696. The van der Waals surface area contributed by atoms with Crippen molar-refractivity contribution in [3.8, 4) is 5.75 Å². The van der Waals surface area contributed by atoms with E-state index in [0.717, 1.165) is 23.7 Å². The third-order valence-corrected chi connectivity index (χ3v) is 3.26. The van der Waals surface area contributed by atoms with E-state index >= 15 is 0 Å². The Hall–Kier alpha value is -2.56. The fraction of sp³-hybridized carbons (Fsp3) is 0.333. The monoisotopic (exact) mass is 313 g/mol. The first-order valence-electron chi connectivity index (χ1n) is 7.69. The third kappa shape index (κ3) is 5.62. The third-order valence-electron chi connectivity index (χ3n) is 3.26. The van der Waals surface area contributed by atoms with Gasteiger partial charge in [0.05, 0.1) is 25.4 Å². The molecule has 5 heteroatoms. The number of nitrogens with one attached hydrogen (secondary N) is 2. The van der Waals surface area contributed by atoms with Crippen molar-refractivity contribution in [3.63, 3.8) is 0 Å². The molecule has 1 aromatic carbocycles.